The van der Waals surface area contributed by atoms with Crippen molar-refractivity contribution in [2.24, 2.45) is 0 Å². The molecule has 1 aliphatic rings. The molecule has 4 rings (SSSR count). The average molecular weight is 474 g/mol. The first-order valence-electron chi connectivity index (χ1n) is 10.2. The van der Waals surface area contributed by atoms with Crippen molar-refractivity contribution in [2.45, 2.75) is 19.4 Å². The van der Waals surface area contributed by atoms with Crippen molar-refractivity contribution in [3.8, 4) is 16.3 Å². The second-order valence-electron chi connectivity index (χ2n) is 7.46. The number of aromatic nitrogens is 2. The Morgan fingerprint density at radius 3 is 2.62 bits per heavy atom. The summed E-state index contributed by atoms with van der Waals surface area (Å²) >= 11 is 1.45. The molecule has 32 heavy (non-hydrogen) atoms. The Morgan fingerprint density at radius 1 is 1.22 bits per heavy atom. The van der Waals surface area contributed by atoms with Gasteiger partial charge in [0.1, 0.15) is 11.3 Å². The predicted octanol–water partition coefficient (Wildman–Crippen LogP) is 2.79. The molecule has 1 amide bonds. The van der Waals surface area contributed by atoms with E-state index in [1.165, 1.54) is 16.2 Å². The van der Waals surface area contributed by atoms with Gasteiger partial charge in [0.15, 0.2) is 16.4 Å². The van der Waals surface area contributed by atoms with E-state index in [2.05, 4.69) is 5.10 Å². The number of nitrogens with zero attached hydrogens (tertiary/aromatic N) is 3. The van der Waals surface area contributed by atoms with Gasteiger partial charge in [0.05, 0.1) is 22.1 Å². The highest BCUT2D eigenvalue weighted by Crippen LogP contribution is 2.28. The minimum Gasteiger partial charge on any atom is -0.452 e. The van der Waals surface area contributed by atoms with Crippen molar-refractivity contribution in [2.75, 3.05) is 24.7 Å². The first-order valence-corrected chi connectivity index (χ1v) is 12.9. The van der Waals surface area contributed by atoms with E-state index < -0.39 is 28.3 Å². The van der Waals surface area contributed by atoms with Gasteiger partial charge in [-0.2, -0.15) is 5.10 Å². The van der Waals surface area contributed by atoms with E-state index in [1.54, 1.807) is 17.8 Å². The number of likely N-dealkylation sites (N-methyl/N-ethyl adjacent to an activating group) is 1. The number of ether oxygens (including phenoxy) is 1. The molecule has 0 saturated carbocycles. The van der Waals surface area contributed by atoms with Crippen LogP contribution in [-0.4, -0.2) is 65.7 Å². The van der Waals surface area contributed by atoms with E-state index >= 15 is 0 Å². The molecule has 1 fully saturated rings. The SMILES string of the molecule is CCN(C(=O)COC(=O)c1cn(-c2ccccc2)nc1-c1cccs1)[C@@H]1CCS(=O)(=O)C1. The summed E-state index contributed by atoms with van der Waals surface area (Å²) in [5.74, 6) is -1.04. The summed E-state index contributed by atoms with van der Waals surface area (Å²) in [5.41, 5.74) is 1.53. The summed E-state index contributed by atoms with van der Waals surface area (Å²) in [6, 6.07) is 12.7. The number of hydrogen-bond acceptors (Lipinski definition) is 7. The maximum absolute atomic E-state index is 12.9. The van der Waals surface area contributed by atoms with Crippen molar-refractivity contribution in [1.82, 2.24) is 14.7 Å². The molecule has 3 aromatic rings. The number of para-hydroxylation sites is 1. The van der Waals surface area contributed by atoms with E-state index in [9.17, 15) is 18.0 Å². The summed E-state index contributed by atoms with van der Waals surface area (Å²) < 4.78 is 30.5. The summed E-state index contributed by atoms with van der Waals surface area (Å²) in [6.07, 6.45) is 2.00. The molecule has 1 aliphatic heterocycles. The van der Waals surface area contributed by atoms with E-state index in [0.717, 1.165) is 10.6 Å². The van der Waals surface area contributed by atoms with Crippen LogP contribution in [0.1, 0.15) is 23.7 Å². The number of hydrogen-bond donors (Lipinski definition) is 0. The van der Waals surface area contributed by atoms with Gasteiger partial charge in [0.2, 0.25) is 0 Å². The fraction of sp³-hybridized carbons (Fsp3) is 0.318. The second kappa shape index (κ2) is 9.25. The Bertz CT molecular complexity index is 1200. The van der Waals surface area contributed by atoms with Crippen LogP contribution in [0.5, 0.6) is 0 Å². The monoisotopic (exact) mass is 473 g/mol. The van der Waals surface area contributed by atoms with Gasteiger partial charge in [-0.3, -0.25) is 4.79 Å². The smallest absolute Gasteiger partial charge is 0.342 e. The molecule has 1 saturated heterocycles. The number of rotatable bonds is 7. The molecule has 168 valence electrons. The Morgan fingerprint density at radius 2 is 2.00 bits per heavy atom. The third-order valence-electron chi connectivity index (χ3n) is 5.35. The maximum Gasteiger partial charge on any atom is 0.342 e. The molecular weight excluding hydrogens is 450 g/mol. The van der Waals surface area contributed by atoms with Crippen LogP contribution in [0, 0.1) is 0 Å². The lowest BCUT2D eigenvalue weighted by Crippen LogP contribution is -2.43. The number of sulfone groups is 1. The van der Waals surface area contributed by atoms with Crippen LogP contribution >= 0.6 is 11.3 Å². The Kier molecular flexibility index (Phi) is 6.43. The summed E-state index contributed by atoms with van der Waals surface area (Å²) in [5, 5.41) is 6.46. The van der Waals surface area contributed by atoms with Gasteiger partial charge in [-0.1, -0.05) is 24.3 Å². The van der Waals surface area contributed by atoms with Crippen LogP contribution in [0.3, 0.4) is 0 Å². The van der Waals surface area contributed by atoms with E-state index in [0.29, 0.717) is 18.7 Å². The standard InChI is InChI=1S/C22H23N3O5S2/c1-2-24(17-10-12-32(28,29)15-17)20(26)14-30-22(27)18-13-25(16-7-4-3-5-8-16)23-21(18)19-9-6-11-31-19/h3-9,11,13,17H,2,10,12,14-15H2,1H3/t17-/m1/s1. The maximum atomic E-state index is 12.9. The largest absolute Gasteiger partial charge is 0.452 e. The van der Waals surface area contributed by atoms with Crippen LogP contribution in [0.4, 0.5) is 0 Å². The zero-order valence-corrected chi connectivity index (χ0v) is 19.1. The van der Waals surface area contributed by atoms with Gasteiger partial charge < -0.3 is 9.64 Å². The van der Waals surface area contributed by atoms with Gasteiger partial charge in [-0.05, 0) is 36.9 Å². The van der Waals surface area contributed by atoms with Crippen molar-refractivity contribution in [1.29, 1.82) is 0 Å². The van der Waals surface area contributed by atoms with E-state index in [-0.39, 0.29) is 23.1 Å². The van der Waals surface area contributed by atoms with Gasteiger partial charge in [0.25, 0.3) is 5.91 Å². The molecule has 0 aliphatic carbocycles. The molecule has 0 unspecified atom stereocenters. The zero-order valence-electron chi connectivity index (χ0n) is 17.5. The van der Waals surface area contributed by atoms with Crippen molar-refractivity contribution >= 4 is 33.1 Å². The summed E-state index contributed by atoms with van der Waals surface area (Å²) in [4.78, 5) is 27.9. The third kappa shape index (κ3) is 4.76. The number of esters is 1. The second-order valence-corrected chi connectivity index (χ2v) is 10.6. The van der Waals surface area contributed by atoms with Gasteiger partial charge in [-0.25, -0.2) is 17.9 Å². The quantitative estimate of drug-likeness (QED) is 0.490. The molecule has 1 atom stereocenters. The minimum absolute atomic E-state index is 0.0487. The molecule has 0 bridgehead atoms. The number of benzene rings is 1. The minimum atomic E-state index is -3.12. The number of carbonyl (C=O) groups is 2. The number of thiophene rings is 1. The van der Waals surface area contributed by atoms with Gasteiger partial charge in [0, 0.05) is 18.8 Å². The topological polar surface area (TPSA) is 98.6 Å². The molecule has 2 aromatic heterocycles. The summed E-state index contributed by atoms with van der Waals surface area (Å²) in [6.45, 7) is 1.68. The zero-order chi connectivity index (χ0) is 22.7. The predicted molar refractivity (Wildman–Crippen MR) is 122 cm³/mol. The number of amides is 1. The molecular formula is C22H23N3O5S2. The summed E-state index contributed by atoms with van der Waals surface area (Å²) in [7, 11) is -3.12. The molecule has 10 heteroatoms. The number of carbonyl (C=O) groups excluding carboxylic acids is 2. The van der Waals surface area contributed by atoms with Crippen molar-refractivity contribution < 1.29 is 22.7 Å². The molecule has 0 radical (unpaired) electrons. The molecule has 0 spiro atoms. The molecule has 3 heterocycles. The fourth-order valence-corrected chi connectivity index (χ4v) is 6.23. The van der Waals surface area contributed by atoms with Crippen LogP contribution < -0.4 is 0 Å². The highest BCUT2D eigenvalue weighted by molar-refractivity contribution is 7.91. The van der Waals surface area contributed by atoms with Crippen molar-refractivity contribution in [3.05, 3.63) is 59.6 Å². The first-order chi connectivity index (χ1) is 15.4. The lowest BCUT2D eigenvalue weighted by molar-refractivity contribution is -0.136. The molecule has 1 aromatic carbocycles. The van der Waals surface area contributed by atoms with Crippen LogP contribution in [-0.2, 0) is 19.4 Å². The Hall–Kier alpha value is -2.98. The average Bonchev–Trinajstić information content (AvgIpc) is 3.53. The fourth-order valence-electron chi connectivity index (χ4n) is 3.78. The Balaban J connectivity index is 1.51. The highest BCUT2D eigenvalue weighted by atomic mass is 32.2. The van der Waals surface area contributed by atoms with E-state index in [1.807, 2.05) is 47.8 Å². The van der Waals surface area contributed by atoms with Crippen LogP contribution in [0.2, 0.25) is 0 Å². The van der Waals surface area contributed by atoms with Gasteiger partial charge >= 0.3 is 5.97 Å². The van der Waals surface area contributed by atoms with E-state index in [4.69, 9.17) is 4.74 Å². The first kappa shape index (κ1) is 22.2. The van der Waals surface area contributed by atoms with Crippen LogP contribution in [0.25, 0.3) is 16.3 Å². The Labute approximate surface area is 190 Å². The lowest BCUT2D eigenvalue weighted by Gasteiger charge is -2.26. The van der Waals surface area contributed by atoms with Gasteiger partial charge in [-0.15, -0.1) is 11.3 Å². The normalized spacial score (nSPS) is 17.2. The van der Waals surface area contributed by atoms with Crippen molar-refractivity contribution in [3.63, 3.8) is 0 Å². The highest BCUT2D eigenvalue weighted by Gasteiger charge is 2.34. The molecule has 0 N–H and O–H groups in total. The lowest BCUT2D eigenvalue weighted by atomic mass is 10.2. The third-order valence-corrected chi connectivity index (χ3v) is 7.97. The molecule has 8 nitrogen and oxygen atoms in total. The van der Waals surface area contributed by atoms with Crippen LogP contribution in [0.15, 0.2) is 54.0 Å².